The molecule has 0 spiro atoms. The number of aromatic hydroxyl groups is 1. The lowest BCUT2D eigenvalue weighted by molar-refractivity contribution is -0.00824. The number of aryl methyl sites for hydroxylation is 1. The van der Waals surface area contributed by atoms with E-state index in [1.807, 2.05) is 0 Å². The van der Waals surface area contributed by atoms with Crippen LogP contribution in [0.25, 0.3) is 11.3 Å². The van der Waals surface area contributed by atoms with Gasteiger partial charge in [0.2, 0.25) is 0 Å². The summed E-state index contributed by atoms with van der Waals surface area (Å²) in [6.45, 7) is 3.05. The maximum atomic E-state index is 13.9. The number of methoxy groups -OCH3 is 1. The van der Waals surface area contributed by atoms with Crippen molar-refractivity contribution in [3.05, 3.63) is 65.4 Å². The smallest absolute Gasteiger partial charge is 0.273 e. The van der Waals surface area contributed by atoms with Crippen molar-refractivity contribution in [2.45, 2.75) is 26.2 Å². The Hall–Kier alpha value is -3.35. The molecule has 0 saturated heterocycles. The van der Waals surface area contributed by atoms with E-state index in [4.69, 9.17) is 4.74 Å². The molecule has 3 N–H and O–H groups in total. The molecular formula is C22H22F2N2O3. The third kappa shape index (κ3) is 4.08. The molecule has 0 unspecified atom stereocenters. The van der Waals surface area contributed by atoms with Crippen LogP contribution in [0.5, 0.6) is 11.5 Å². The lowest BCUT2D eigenvalue weighted by atomic mass is 10.1. The van der Waals surface area contributed by atoms with Crippen LogP contribution >= 0.6 is 0 Å². The molecule has 152 valence electrons. The number of ether oxygens (including phenoxy) is 1. The van der Waals surface area contributed by atoms with Gasteiger partial charge < -0.3 is 20.1 Å². The van der Waals surface area contributed by atoms with Gasteiger partial charge in [-0.15, -0.1) is 0 Å². The van der Waals surface area contributed by atoms with Crippen molar-refractivity contribution in [1.82, 2.24) is 4.98 Å². The average Bonchev–Trinajstić information content (AvgIpc) is 3.02. The molecule has 3 rings (SSSR count). The first-order chi connectivity index (χ1) is 13.8. The summed E-state index contributed by atoms with van der Waals surface area (Å²) in [6, 6.07) is 12.5. The van der Waals surface area contributed by atoms with Gasteiger partial charge in [0.15, 0.2) is 5.75 Å². The summed E-state index contributed by atoms with van der Waals surface area (Å²) in [4.78, 5) is 15.7. The van der Waals surface area contributed by atoms with Gasteiger partial charge in [-0.1, -0.05) is 19.1 Å². The molecule has 0 aliphatic rings. The fourth-order valence-electron chi connectivity index (χ4n) is 3.08. The molecule has 0 saturated carbocycles. The molecule has 2 aromatic carbocycles. The van der Waals surface area contributed by atoms with Crippen LogP contribution in [0, 0.1) is 6.92 Å². The summed E-state index contributed by atoms with van der Waals surface area (Å²) in [5.41, 5.74) is 1.64. The van der Waals surface area contributed by atoms with Crippen molar-refractivity contribution in [2.75, 3.05) is 12.4 Å². The van der Waals surface area contributed by atoms with Gasteiger partial charge in [-0.3, -0.25) is 4.79 Å². The van der Waals surface area contributed by atoms with E-state index in [1.165, 1.54) is 31.2 Å². The zero-order valence-corrected chi connectivity index (χ0v) is 16.3. The van der Waals surface area contributed by atoms with Crippen LogP contribution < -0.4 is 10.1 Å². The lowest BCUT2D eigenvalue weighted by Gasteiger charge is -2.15. The van der Waals surface area contributed by atoms with E-state index in [1.54, 1.807) is 38.3 Å². The number of aromatic amines is 1. The second-order valence-corrected chi connectivity index (χ2v) is 6.67. The fourth-order valence-corrected chi connectivity index (χ4v) is 3.08. The Morgan fingerprint density at radius 2 is 1.90 bits per heavy atom. The number of anilines is 1. The highest BCUT2D eigenvalue weighted by molar-refractivity contribution is 6.08. The van der Waals surface area contributed by atoms with Crippen molar-refractivity contribution in [1.29, 1.82) is 0 Å². The topological polar surface area (TPSA) is 74.4 Å². The first-order valence-corrected chi connectivity index (χ1v) is 9.12. The highest BCUT2D eigenvalue weighted by Crippen LogP contribution is 2.36. The molecular weight excluding hydrogens is 378 g/mol. The van der Waals surface area contributed by atoms with E-state index in [0.717, 1.165) is 0 Å². The maximum Gasteiger partial charge on any atom is 0.273 e. The minimum absolute atomic E-state index is 0.0588. The number of aromatic nitrogens is 1. The molecule has 5 nitrogen and oxygen atoms in total. The zero-order valence-electron chi connectivity index (χ0n) is 16.3. The molecule has 1 aromatic heterocycles. The SMILES string of the molecule is CCC(F)(F)c1cccc(NC(=O)c2c(C)[nH]c(-c3ccc(OC)cc3)c2O)c1. The molecule has 0 atom stereocenters. The summed E-state index contributed by atoms with van der Waals surface area (Å²) in [5, 5.41) is 13.2. The predicted octanol–water partition coefficient (Wildman–Crippen LogP) is 5.46. The monoisotopic (exact) mass is 400 g/mol. The number of carbonyl (C=O) groups is 1. The number of H-pyrrole nitrogens is 1. The number of amides is 1. The van der Waals surface area contributed by atoms with E-state index in [-0.39, 0.29) is 29.0 Å². The number of carbonyl (C=O) groups excluding carboxylic acids is 1. The van der Waals surface area contributed by atoms with Crippen molar-refractivity contribution < 1.29 is 23.4 Å². The molecule has 0 aliphatic heterocycles. The van der Waals surface area contributed by atoms with Gasteiger partial charge in [0, 0.05) is 28.9 Å². The van der Waals surface area contributed by atoms with Gasteiger partial charge in [-0.25, -0.2) is 8.78 Å². The molecule has 7 heteroatoms. The van der Waals surface area contributed by atoms with Crippen LogP contribution in [0.2, 0.25) is 0 Å². The van der Waals surface area contributed by atoms with Crippen LogP contribution in [0.4, 0.5) is 14.5 Å². The first kappa shape index (κ1) is 20.4. The Labute approximate surface area is 167 Å². The van der Waals surface area contributed by atoms with Crippen LogP contribution in [0.15, 0.2) is 48.5 Å². The van der Waals surface area contributed by atoms with E-state index in [9.17, 15) is 18.7 Å². The highest BCUT2D eigenvalue weighted by Gasteiger charge is 2.29. The number of halogens is 2. The zero-order chi connectivity index (χ0) is 21.2. The molecule has 0 aliphatic carbocycles. The van der Waals surface area contributed by atoms with Crippen molar-refractivity contribution >= 4 is 11.6 Å². The highest BCUT2D eigenvalue weighted by atomic mass is 19.3. The third-order valence-electron chi connectivity index (χ3n) is 4.75. The second kappa shape index (κ2) is 7.95. The van der Waals surface area contributed by atoms with E-state index < -0.39 is 11.8 Å². The summed E-state index contributed by atoms with van der Waals surface area (Å²) >= 11 is 0. The van der Waals surface area contributed by atoms with Crippen LogP contribution in [-0.4, -0.2) is 23.1 Å². The Balaban J connectivity index is 1.89. The Kier molecular flexibility index (Phi) is 5.59. The van der Waals surface area contributed by atoms with Crippen molar-refractivity contribution in [3.8, 4) is 22.8 Å². The summed E-state index contributed by atoms with van der Waals surface area (Å²) in [7, 11) is 1.55. The molecule has 29 heavy (non-hydrogen) atoms. The standard InChI is InChI=1S/C22H22F2N2O3/c1-4-22(23,24)15-6-5-7-16(12-15)26-21(28)18-13(2)25-19(20(18)27)14-8-10-17(29-3)11-9-14/h5-12,25,27H,4H2,1-3H3,(H,26,28). The predicted molar refractivity (Wildman–Crippen MR) is 108 cm³/mol. The quantitative estimate of drug-likeness (QED) is 0.514. The van der Waals surface area contributed by atoms with Crippen LogP contribution in [0.1, 0.15) is 35.0 Å². The minimum atomic E-state index is -2.98. The lowest BCUT2D eigenvalue weighted by Crippen LogP contribution is -2.15. The van der Waals surface area contributed by atoms with Gasteiger partial charge in [0.25, 0.3) is 11.8 Å². The van der Waals surface area contributed by atoms with E-state index >= 15 is 0 Å². The summed E-state index contributed by atoms with van der Waals surface area (Å²) in [5.74, 6) is -3.11. The van der Waals surface area contributed by atoms with Gasteiger partial charge in [-0.05, 0) is 43.3 Å². The molecule has 0 bridgehead atoms. The van der Waals surface area contributed by atoms with Gasteiger partial charge in [0.1, 0.15) is 11.3 Å². The number of hydrogen-bond donors (Lipinski definition) is 3. The van der Waals surface area contributed by atoms with Gasteiger partial charge in [-0.2, -0.15) is 0 Å². The van der Waals surface area contributed by atoms with Crippen LogP contribution in [0.3, 0.4) is 0 Å². The molecule has 0 radical (unpaired) electrons. The van der Waals surface area contributed by atoms with Crippen LogP contribution in [-0.2, 0) is 5.92 Å². The first-order valence-electron chi connectivity index (χ1n) is 9.12. The molecule has 1 heterocycles. The largest absolute Gasteiger partial charge is 0.505 e. The van der Waals surface area contributed by atoms with E-state index in [2.05, 4.69) is 10.3 Å². The Bertz CT molecular complexity index is 1030. The Morgan fingerprint density at radius 1 is 1.21 bits per heavy atom. The Morgan fingerprint density at radius 3 is 2.52 bits per heavy atom. The molecule has 1 amide bonds. The maximum absolute atomic E-state index is 13.9. The van der Waals surface area contributed by atoms with Gasteiger partial charge >= 0.3 is 0 Å². The molecule has 3 aromatic rings. The number of alkyl halides is 2. The second-order valence-electron chi connectivity index (χ2n) is 6.67. The minimum Gasteiger partial charge on any atom is -0.505 e. The average molecular weight is 400 g/mol. The number of nitrogens with one attached hydrogen (secondary N) is 2. The normalized spacial score (nSPS) is 11.3. The van der Waals surface area contributed by atoms with Crippen molar-refractivity contribution in [2.24, 2.45) is 0 Å². The molecule has 0 fully saturated rings. The number of hydrogen-bond acceptors (Lipinski definition) is 3. The van der Waals surface area contributed by atoms with E-state index in [0.29, 0.717) is 22.7 Å². The summed E-state index contributed by atoms with van der Waals surface area (Å²) < 4.78 is 33.0. The third-order valence-corrected chi connectivity index (χ3v) is 4.75. The number of rotatable bonds is 6. The van der Waals surface area contributed by atoms with Crippen molar-refractivity contribution in [3.63, 3.8) is 0 Å². The fraction of sp³-hybridized carbons (Fsp3) is 0.227. The number of benzene rings is 2. The van der Waals surface area contributed by atoms with Gasteiger partial charge in [0.05, 0.1) is 12.8 Å². The summed E-state index contributed by atoms with van der Waals surface area (Å²) in [6.07, 6.45) is -0.340.